The fraction of sp³-hybridized carbons (Fsp3) is 0.562. The summed E-state index contributed by atoms with van der Waals surface area (Å²) in [5, 5.41) is 0. The summed E-state index contributed by atoms with van der Waals surface area (Å²) in [6.07, 6.45) is 3.13. The third kappa shape index (κ3) is 4.85. The Morgan fingerprint density at radius 3 is 2.70 bits per heavy atom. The molecule has 1 amide bonds. The lowest BCUT2D eigenvalue weighted by atomic mass is 10.0. The molecule has 0 spiro atoms. The largest absolute Gasteiger partial charge is 0.496 e. The number of methoxy groups -OCH3 is 1. The van der Waals surface area contributed by atoms with E-state index < -0.39 is 0 Å². The summed E-state index contributed by atoms with van der Waals surface area (Å²) in [7, 11) is 3.54. The summed E-state index contributed by atoms with van der Waals surface area (Å²) < 4.78 is 5.35. The topological polar surface area (TPSA) is 55.6 Å². The van der Waals surface area contributed by atoms with E-state index in [0.717, 1.165) is 30.6 Å². The molecular formula is C16H26N2O2. The summed E-state index contributed by atoms with van der Waals surface area (Å²) in [6, 6.07) is 8.09. The highest BCUT2D eigenvalue weighted by Crippen LogP contribution is 2.20. The third-order valence-corrected chi connectivity index (χ3v) is 3.61. The first-order valence-electron chi connectivity index (χ1n) is 7.17. The van der Waals surface area contributed by atoms with Crippen molar-refractivity contribution < 1.29 is 9.53 Å². The number of para-hydroxylation sites is 1. The molecule has 0 aliphatic heterocycles. The summed E-state index contributed by atoms with van der Waals surface area (Å²) in [5.74, 6) is 1.06. The van der Waals surface area contributed by atoms with Crippen molar-refractivity contribution in [3.8, 4) is 5.75 Å². The Morgan fingerprint density at radius 1 is 1.35 bits per heavy atom. The minimum absolute atomic E-state index is 0.150. The van der Waals surface area contributed by atoms with E-state index in [1.165, 1.54) is 0 Å². The van der Waals surface area contributed by atoms with Crippen LogP contribution in [0.3, 0.4) is 0 Å². The molecule has 0 fully saturated rings. The number of hydrogen-bond donors (Lipinski definition) is 1. The zero-order valence-electron chi connectivity index (χ0n) is 12.8. The van der Waals surface area contributed by atoms with Crippen molar-refractivity contribution in [3.05, 3.63) is 29.8 Å². The minimum Gasteiger partial charge on any atom is -0.496 e. The highest BCUT2D eigenvalue weighted by molar-refractivity contribution is 5.76. The average Bonchev–Trinajstić information content (AvgIpc) is 2.47. The number of ether oxygens (including phenoxy) is 1. The van der Waals surface area contributed by atoms with Gasteiger partial charge in [-0.1, -0.05) is 18.2 Å². The number of amides is 1. The normalized spacial score (nSPS) is 12.0. The molecule has 0 radical (unpaired) electrons. The van der Waals surface area contributed by atoms with Crippen molar-refractivity contribution in [2.75, 3.05) is 20.7 Å². The van der Waals surface area contributed by atoms with Crippen LogP contribution in [0, 0.1) is 0 Å². The van der Waals surface area contributed by atoms with Gasteiger partial charge in [-0.25, -0.2) is 0 Å². The van der Waals surface area contributed by atoms with Crippen LogP contribution in [0.15, 0.2) is 24.3 Å². The Kier molecular flexibility index (Phi) is 7.09. The second-order valence-corrected chi connectivity index (χ2v) is 5.12. The van der Waals surface area contributed by atoms with Crippen LogP contribution in [-0.4, -0.2) is 37.6 Å². The number of benzene rings is 1. The van der Waals surface area contributed by atoms with E-state index in [9.17, 15) is 4.79 Å². The molecule has 1 atom stereocenters. The van der Waals surface area contributed by atoms with E-state index in [2.05, 4.69) is 6.92 Å². The maximum absolute atomic E-state index is 12.1. The fourth-order valence-corrected chi connectivity index (χ4v) is 2.17. The summed E-state index contributed by atoms with van der Waals surface area (Å²) >= 11 is 0. The Balaban J connectivity index is 2.56. The molecule has 4 nitrogen and oxygen atoms in total. The minimum atomic E-state index is 0.150. The second kappa shape index (κ2) is 8.59. The molecule has 0 aliphatic rings. The molecule has 1 aromatic carbocycles. The molecule has 0 saturated heterocycles. The number of nitrogens with two attached hydrogens (primary N) is 1. The number of carbonyl (C=O) groups is 1. The molecule has 0 heterocycles. The summed E-state index contributed by atoms with van der Waals surface area (Å²) in [4.78, 5) is 13.9. The number of unbranched alkanes of at least 4 members (excludes halogenated alkanes) is 1. The van der Waals surface area contributed by atoms with Crippen LogP contribution in [0.1, 0.15) is 31.7 Å². The lowest BCUT2D eigenvalue weighted by Gasteiger charge is -2.25. The molecule has 112 valence electrons. The van der Waals surface area contributed by atoms with Gasteiger partial charge in [-0.15, -0.1) is 0 Å². The van der Waals surface area contributed by atoms with Gasteiger partial charge in [0.15, 0.2) is 0 Å². The monoisotopic (exact) mass is 278 g/mol. The lowest BCUT2D eigenvalue weighted by Crippen LogP contribution is -2.36. The first-order valence-corrected chi connectivity index (χ1v) is 7.17. The van der Waals surface area contributed by atoms with Crippen LogP contribution >= 0.6 is 0 Å². The van der Waals surface area contributed by atoms with Crippen molar-refractivity contribution in [1.29, 1.82) is 0 Å². The molecule has 2 N–H and O–H groups in total. The first-order chi connectivity index (χ1) is 9.60. The summed E-state index contributed by atoms with van der Waals surface area (Å²) in [6.45, 7) is 2.71. The maximum atomic E-state index is 12.1. The van der Waals surface area contributed by atoms with E-state index in [0.29, 0.717) is 13.0 Å². The van der Waals surface area contributed by atoms with Gasteiger partial charge in [0, 0.05) is 19.5 Å². The van der Waals surface area contributed by atoms with Crippen LogP contribution in [0.2, 0.25) is 0 Å². The van der Waals surface area contributed by atoms with Gasteiger partial charge in [-0.2, -0.15) is 0 Å². The number of rotatable bonds is 8. The maximum Gasteiger partial charge on any atom is 0.222 e. The van der Waals surface area contributed by atoms with Crippen LogP contribution in [0.25, 0.3) is 0 Å². The van der Waals surface area contributed by atoms with E-state index in [4.69, 9.17) is 10.5 Å². The summed E-state index contributed by atoms with van der Waals surface area (Å²) in [5.41, 5.74) is 6.57. The van der Waals surface area contributed by atoms with Crippen LogP contribution in [-0.2, 0) is 11.2 Å². The van der Waals surface area contributed by atoms with Crippen molar-refractivity contribution in [1.82, 2.24) is 4.90 Å². The van der Waals surface area contributed by atoms with E-state index in [1.54, 1.807) is 7.11 Å². The Bertz CT molecular complexity index is 421. The zero-order chi connectivity index (χ0) is 15.0. The zero-order valence-corrected chi connectivity index (χ0v) is 12.8. The Morgan fingerprint density at radius 2 is 2.05 bits per heavy atom. The molecule has 1 aromatic rings. The van der Waals surface area contributed by atoms with Gasteiger partial charge in [-0.3, -0.25) is 4.79 Å². The molecule has 0 aromatic heterocycles. The predicted octanol–water partition coefficient (Wildman–Crippen LogP) is 2.21. The lowest BCUT2D eigenvalue weighted by molar-refractivity contribution is -0.131. The Labute approximate surface area is 121 Å². The van der Waals surface area contributed by atoms with Gasteiger partial charge in [0.2, 0.25) is 5.91 Å². The van der Waals surface area contributed by atoms with Crippen molar-refractivity contribution in [3.63, 3.8) is 0 Å². The highest BCUT2D eigenvalue weighted by Gasteiger charge is 2.17. The molecule has 1 unspecified atom stereocenters. The molecule has 4 heteroatoms. The number of likely N-dealkylation sites (N-methyl/N-ethyl adjacent to an activating group) is 1. The van der Waals surface area contributed by atoms with Gasteiger partial charge >= 0.3 is 0 Å². The quantitative estimate of drug-likeness (QED) is 0.742. The van der Waals surface area contributed by atoms with Gasteiger partial charge in [0.25, 0.3) is 0 Å². The van der Waals surface area contributed by atoms with E-state index >= 15 is 0 Å². The van der Waals surface area contributed by atoms with Crippen LogP contribution in [0.5, 0.6) is 5.75 Å². The molecule has 0 saturated carbocycles. The van der Waals surface area contributed by atoms with Gasteiger partial charge < -0.3 is 15.4 Å². The van der Waals surface area contributed by atoms with Crippen LogP contribution in [0.4, 0.5) is 0 Å². The van der Waals surface area contributed by atoms with Crippen molar-refractivity contribution >= 4 is 5.91 Å². The number of carbonyl (C=O) groups excluding carboxylic acids is 1. The smallest absolute Gasteiger partial charge is 0.222 e. The van der Waals surface area contributed by atoms with E-state index in [-0.39, 0.29) is 11.9 Å². The molecule has 0 bridgehead atoms. The number of nitrogens with zero attached hydrogens (tertiary/aromatic N) is 1. The van der Waals surface area contributed by atoms with Gasteiger partial charge in [0.05, 0.1) is 7.11 Å². The molecule has 1 rings (SSSR count). The fourth-order valence-electron chi connectivity index (χ4n) is 2.17. The van der Waals surface area contributed by atoms with Gasteiger partial charge in [0.1, 0.15) is 5.75 Å². The van der Waals surface area contributed by atoms with Crippen LogP contribution < -0.4 is 10.5 Å². The predicted molar refractivity (Wildman–Crippen MR) is 81.8 cm³/mol. The number of hydrogen-bond acceptors (Lipinski definition) is 3. The standard InChI is InChI=1S/C16H26N2O2/c1-13(18(2)16(19)10-6-7-11-17)12-14-8-4-5-9-15(14)20-3/h4-5,8-9,13H,6-7,10-12,17H2,1-3H3. The van der Waals surface area contributed by atoms with Crippen molar-refractivity contribution in [2.24, 2.45) is 5.73 Å². The molecule has 0 aliphatic carbocycles. The van der Waals surface area contributed by atoms with E-state index in [1.807, 2.05) is 36.2 Å². The highest BCUT2D eigenvalue weighted by atomic mass is 16.5. The first kappa shape index (κ1) is 16.5. The molecule has 20 heavy (non-hydrogen) atoms. The Hall–Kier alpha value is -1.55. The third-order valence-electron chi connectivity index (χ3n) is 3.61. The average molecular weight is 278 g/mol. The van der Waals surface area contributed by atoms with Crippen molar-refractivity contribution in [2.45, 2.75) is 38.6 Å². The molecular weight excluding hydrogens is 252 g/mol. The SMILES string of the molecule is COc1ccccc1CC(C)N(C)C(=O)CCCCN. The van der Waals surface area contributed by atoms with Gasteiger partial charge in [-0.05, 0) is 44.4 Å². The second-order valence-electron chi connectivity index (χ2n) is 5.12.